The zero-order chi connectivity index (χ0) is 24.4. The minimum atomic E-state index is -0.325. The Morgan fingerprint density at radius 1 is 0.943 bits per heavy atom. The van der Waals surface area contributed by atoms with E-state index in [1.165, 1.54) is 6.08 Å². The van der Waals surface area contributed by atoms with Gasteiger partial charge in [0, 0.05) is 11.9 Å². The number of nitrogens with one attached hydrogen (secondary N) is 1. The van der Waals surface area contributed by atoms with Crippen LogP contribution in [0.3, 0.4) is 0 Å². The van der Waals surface area contributed by atoms with Crippen molar-refractivity contribution in [3.05, 3.63) is 120 Å². The van der Waals surface area contributed by atoms with E-state index in [9.17, 15) is 9.59 Å². The van der Waals surface area contributed by atoms with Crippen molar-refractivity contribution in [2.45, 2.75) is 6.92 Å². The number of benzene rings is 3. The quantitative estimate of drug-likeness (QED) is 0.343. The Bertz CT molecular complexity index is 1620. The van der Waals surface area contributed by atoms with Crippen LogP contribution in [0.5, 0.6) is 11.5 Å². The van der Waals surface area contributed by atoms with Crippen LogP contribution in [0, 0.1) is 6.92 Å². The Hall–Kier alpha value is -4.91. The van der Waals surface area contributed by atoms with Crippen LogP contribution in [0.25, 0.3) is 22.4 Å². The fourth-order valence-corrected chi connectivity index (χ4v) is 3.96. The maximum absolute atomic E-state index is 13.7. The summed E-state index contributed by atoms with van der Waals surface area (Å²) in [6.07, 6.45) is 4.51. The highest BCUT2D eigenvalue weighted by atomic mass is 16.5. The van der Waals surface area contributed by atoms with E-state index in [1.807, 2.05) is 61.5 Å². The molecule has 0 bridgehead atoms. The van der Waals surface area contributed by atoms with Gasteiger partial charge < -0.3 is 10.1 Å². The molecule has 0 saturated carbocycles. The van der Waals surface area contributed by atoms with E-state index in [0.29, 0.717) is 33.8 Å². The molecule has 5 aromatic rings. The summed E-state index contributed by atoms with van der Waals surface area (Å²) in [5.41, 5.74) is 3.86. The first-order chi connectivity index (χ1) is 17.0. The normalized spacial score (nSPS) is 10.8. The predicted molar refractivity (Wildman–Crippen MR) is 137 cm³/mol. The van der Waals surface area contributed by atoms with Crippen molar-refractivity contribution >= 4 is 22.6 Å². The third kappa shape index (κ3) is 4.22. The van der Waals surface area contributed by atoms with E-state index in [1.54, 1.807) is 45.8 Å². The third-order valence-corrected chi connectivity index (χ3v) is 5.59. The number of carbonyl (C=O) groups excluding carboxylic acids is 1. The molecule has 2 aromatic heterocycles. The molecule has 1 N–H and O–H groups in total. The highest BCUT2D eigenvalue weighted by Crippen LogP contribution is 2.28. The van der Waals surface area contributed by atoms with E-state index >= 15 is 0 Å². The molecule has 0 unspecified atom stereocenters. The van der Waals surface area contributed by atoms with E-state index < -0.39 is 0 Å². The molecule has 0 fully saturated rings. The number of rotatable bonds is 6. The largest absolute Gasteiger partial charge is 0.457 e. The molecule has 7 nitrogen and oxygen atoms in total. The van der Waals surface area contributed by atoms with E-state index in [0.717, 1.165) is 11.3 Å². The molecular formula is C28H22N4O3. The first kappa shape index (κ1) is 21.9. The number of aryl methyl sites for hydroxylation is 1. The van der Waals surface area contributed by atoms with E-state index in [4.69, 9.17) is 4.74 Å². The number of carbonyl (C=O) groups is 1. The number of imidazole rings is 1. The number of fused-ring (bicyclic) bond motifs is 1. The second-order valence-electron chi connectivity index (χ2n) is 7.93. The van der Waals surface area contributed by atoms with Gasteiger partial charge >= 0.3 is 5.69 Å². The molecule has 0 aliphatic carbocycles. The van der Waals surface area contributed by atoms with Gasteiger partial charge in [0.2, 0.25) is 5.91 Å². The third-order valence-electron chi connectivity index (χ3n) is 5.59. The second kappa shape index (κ2) is 9.15. The van der Waals surface area contributed by atoms with Crippen LogP contribution < -0.4 is 15.7 Å². The average molecular weight is 463 g/mol. The number of ether oxygens (including phenoxy) is 1. The molecule has 2 heterocycles. The number of anilines is 1. The van der Waals surface area contributed by atoms with Gasteiger partial charge in [-0.1, -0.05) is 30.8 Å². The predicted octanol–water partition coefficient (Wildman–Crippen LogP) is 5.40. The van der Waals surface area contributed by atoms with E-state index in [2.05, 4.69) is 16.9 Å². The Balaban J connectivity index is 1.61. The van der Waals surface area contributed by atoms with Crippen molar-refractivity contribution in [1.82, 2.24) is 14.1 Å². The van der Waals surface area contributed by atoms with Crippen molar-refractivity contribution in [2.24, 2.45) is 0 Å². The van der Waals surface area contributed by atoms with Gasteiger partial charge in [-0.15, -0.1) is 0 Å². The lowest BCUT2D eigenvalue weighted by atomic mass is 10.2. The monoisotopic (exact) mass is 462 g/mol. The maximum Gasteiger partial charge on any atom is 0.338 e. The number of aromatic nitrogens is 3. The van der Waals surface area contributed by atoms with Gasteiger partial charge in [-0.3, -0.25) is 18.9 Å². The van der Waals surface area contributed by atoms with E-state index in [-0.39, 0.29) is 11.6 Å². The van der Waals surface area contributed by atoms with Gasteiger partial charge in [0.25, 0.3) is 0 Å². The molecule has 0 saturated heterocycles. The fraction of sp³-hybridized carbons (Fsp3) is 0.0357. The molecule has 0 radical (unpaired) electrons. The smallest absolute Gasteiger partial charge is 0.338 e. The molecular weight excluding hydrogens is 440 g/mol. The Labute approximate surface area is 201 Å². The lowest BCUT2D eigenvalue weighted by Gasteiger charge is -2.11. The summed E-state index contributed by atoms with van der Waals surface area (Å²) < 4.78 is 9.22. The van der Waals surface area contributed by atoms with Gasteiger partial charge in [-0.25, -0.2) is 4.79 Å². The molecule has 0 aliphatic rings. The lowest BCUT2D eigenvalue weighted by Crippen LogP contribution is -2.22. The summed E-state index contributed by atoms with van der Waals surface area (Å²) >= 11 is 0. The molecule has 3 aromatic carbocycles. The molecule has 0 aliphatic heterocycles. The van der Waals surface area contributed by atoms with Crippen LogP contribution in [0.15, 0.2) is 109 Å². The van der Waals surface area contributed by atoms with Crippen LogP contribution in [-0.4, -0.2) is 20.0 Å². The number of amides is 1. The van der Waals surface area contributed by atoms with Crippen molar-refractivity contribution in [2.75, 3.05) is 5.32 Å². The zero-order valence-electron chi connectivity index (χ0n) is 19.0. The molecule has 0 spiro atoms. The first-order valence-corrected chi connectivity index (χ1v) is 11.0. The van der Waals surface area contributed by atoms with Crippen molar-refractivity contribution in [1.29, 1.82) is 0 Å². The van der Waals surface area contributed by atoms with Crippen LogP contribution in [0.1, 0.15) is 5.56 Å². The van der Waals surface area contributed by atoms with Crippen LogP contribution in [0.4, 0.5) is 5.69 Å². The fourth-order valence-electron chi connectivity index (χ4n) is 3.96. The molecule has 35 heavy (non-hydrogen) atoms. The summed E-state index contributed by atoms with van der Waals surface area (Å²) in [6, 6.07) is 24.1. The molecule has 172 valence electrons. The Morgan fingerprint density at radius 3 is 2.49 bits per heavy atom. The number of pyridine rings is 1. The topological polar surface area (TPSA) is 78.2 Å². The molecule has 5 rings (SSSR count). The van der Waals surface area contributed by atoms with Crippen molar-refractivity contribution in [3.8, 4) is 22.9 Å². The molecule has 1 amide bonds. The lowest BCUT2D eigenvalue weighted by molar-refractivity contribution is -0.111. The highest BCUT2D eigenvalue weighted by molar-refractivity contribution is 5.99. The second-order valence-corrected chi connectivity index (χ2v) is 7.93. The minimum Gasteiger partial charge on any atom is -0.457 e. The molecule has 0 atom stereocenters. The summed E-state index contributed by atoms with van der Waals surface area (Å²) in [5, 5.41) is 2.74. The van der Waals surface area contributed by atoms with Gasteiger partial charge in [0.1, 0.15) is 11.5 Å². The highest BCUT2D eigenvalue weighted by Gasteiger charge is 2.17. The SMILES string of the molecule is C=CC(=O)Nc1cccc(-n2c(=O)n(-c3ccc(Oc4ccccc4)c(C)c3)c3cnccc32)c1. The minimum absolute atomic E-state index is 0.253. The summed E-state index contributed by atoms with van der Waals surface area (Å²) in [4.78, 5) is 29.7. The zero-order valence-corrected chi connectivity index (χ0v) is 19.0. The van der Waals surface area contributed by atoms with Gasteiger partial charge in [0.15, 0.2) is 0 Å². The summed E-state index contributed by atoms with van der Waals surface area (Å²) in [6.45, 7) is 5.42. The number of hydrogen-bond donors (Lipinski definition) is 1. The average Bonchev–Trinajstić information content (AvgIpc) is 3.17. The summed E-state index contributed by atoms with van der Waals surface area (Å²) in [7, 11) is 0. The Kier molecular flexibility index (Phi) is 5.73. The maximum atomic E-state index is 13.7. The number of para-hydroxylation sites is 1. The van der Waals surface area contributed by atoms with Crippen LogP contribution in [-0.2, 0) is 4.79 Å². The summed E-state index contributed by atoms with van der Waals surface area (Å²) in [5.74, 6) is 1.12. The van der Waals surface area contributed by atoms with Gasteiger partial charge in [-0.2, -0.15) is 0 Å². The van der Waals surface area contributed by atoms with Gasteiger partial charge in [-0.05, 0) is 73.2 Å². The van der Waals surface area contributed by atoms with Crippen LogP contribution >= 0.6 is 0 Å². The van der Waals surface area contributed by atoms with Gasteiger partial charge in [0.05, 0.1) is 28.6 Å². The standard InChI is InChI=1S/C28H22N4O3/c1-3-27(33)30-20-8-7-9-21(17-20)31-24-14-15-29-18-25(24)32(28(31)34)22-12-13-26(19(2)16-22)35-23-10-5-4-6-11-23/h3-18H,1H2,2H3,(H,30,33). The van der Waals surface area contributed by atoms with Crippen LogP contribution in [0.2, 0.25) is 0 Å². The number of nitrogens with zero attached hydrogens (tertiary/aromatic N) is 3. The van der Waals surface area contributed by atoms with Crippen molar-refractivity contribution < 1.29 is 9.53 Å². The van der Waals surface area contributed by atoms with Crippen molar-refractivity contribution in [3.63, 3.8) is 0 Å². The number of hydrogen-bond acceptors (Lipinski definition) is 4. The Morgan fingerprint density at radius 2 is 1.71 bits per heavy atom. The molecule has 7 heteroatoms. The first-order valence-electron chi connectivity index (χ1n) is 11.0.